The number of nitrogens with one attached hydrogen (secondary N) is 1. The molecule has 1 aliphatic heterocycles. The van der Waals surface area contributed by atoms with Crippen LogP contribution in [0.1, 0.15) is 30.5 Å². The number of hydrogen-bond donors (Lipinski definition) is 1. The summed E-state index contributed by atoms with van der Waals surface area (Å²) in [5.74, 6) is 0.818. The predicted octanol–water partition coefficient (Wildman–Crippen LogP) is 2.14. The van der Waals surface area contributed by atoms with Gasteiger partial charge in [-0.1, -0.05) is 6.92 Å². The lowest BCUT2D eigenvalue weighted by molar-refractivity contribution is 0.165. The molecule has 1 atom stereocenters. The molecular weight excluding hydrogens is 230 g/mol. The van der Waals surface area contributed by atoms with Gasteiger partial charge in [0.1, 0.15) is 0 Å². The maximum absolute atomic E-state index is 4.66. The van der Waals surface area contributed by atoms with Crippen molar-refractivity contribution in [1.82, 2.24) is 15.2 Å². The molecule has 0 aromatic carbocycles. The number of thiazole rings is 1. The third-order valence-electron chi connectivity index (χ3n) is 3.38. The minimum atomic E-state index is 0.818. The van der Waals surface area contributed by atoms with E-state index in [1.807, 2.05) is 7.05 Å². The van der Waals surface area contributed by atoms with Crippen molar-refractivity contribution in [2.45, 2.75) is 32.7 Å². The number of aromatic nitrogens is 1. The van der Waals surface area contributed by atoms with Crippen LogP contribution in [0.15, 0.2) is 5.38 Å². The van der Waals surface area contributed by atoms with Crippen molar-refractivity contribution in [3.05, 3.63) is 16.1 Å². The van der Waals surface area contributed by atoms with Crippen LogP contribution in [0.3, 0.4) is 0 Å². The van der Waals surface area contributed by atoms with Gasteiger partial charge in [0, 0.05) is 18.5 Å². The van der Waals surface area contributed by atoms with Crippen LogP contribution in [0.25, 0.3) is 0 Å². The van der Waals surface area contributed by atoms with Gasteiger partial charge in [-0.15, -0.1) is 11.3 Å². The lowest BCUT2D eigenvalue weighted by Crippen LogP contribution is -2.38. The van der Waals surface area contributed by atoms with E-state index in [0.717, 1.165) is 25.4 Å². The van der Waals surface area contributed by atoms with E-state index in [0.29, 0.717) is 0 Å². The van der Waals surface area contributed by atoms with Crippen molar-refractivity contribution < 1.29 is 0 Å². The van der Waals surface area contributed by atoms with Gasteiger partial charge in [0.25, 0.3) is 0 Å². The van der Waals surface area contributed by atoms with Crippen LogP contribution in [0.5, 0.6) is 0 Å². The Hall–Kier alpha value is -0.450. The highest BCUT2D eigenvalue weighted by Crippen LogP contribution is 2.19. The molecule has 1 saturated heterocycles. The zero-order chi connectivity index (χ0) is 12.1. The first-order valence-corrected chi connectivity index (χ1v) is 7.50. The Bertz CT molecular complexity index is 335. The maximum Gasteiger partial charge on any atom is 0.0926 e. The van der Waals surface area contributed by atoms with Crippen LogP contribution in [-0.2, 0) is 13.0 Å². The van der Waals surface area contributed by atoms with Crippen LogP contribution < -0.4 is 5.32 Å². The van der Waals surface area contributed by atoms with Crippen LogP contribution in [-0.4, -0.2) is 36.6 Å². The van der Waals surface area contributed by atoms with Crippen molar-refractivity contribution in [3.63, 3.8) is 0 Å². The molecule has 1 aromatic heterocycles. The van der Waals surface area contributed by atoms with Gasteiger partial charge in [0.15, 0.2) is 0 Å². The molecule has 0 saturated carbocycles. The quantitative estimate of drug-likeness (QED) is 0.871. The van der Waals surface area contributed by atoms with Crippen LogP contribution in [0, 0.1) is 5.92 Å². The summed E-state index contributed by atoms with van der Waals surface area (Å²) in [6, 6.07) is 0. The summed E-state index contributed by atoms with van der Waals surface area (Å²) in [5, 5.41) is 6.78. The lowest BCUT2D eigenvalue weighted by Gasteiger charge is -2.32. The lowest BCUT2D eigenvalue weighted by atomic mass is 9.98. The molecule has 2 rings (SSSR count). The van der Waals surface area contributed by atoms with E-state index in [9.17, 15) is 0 Å². The fourth-order valence-corrected chi connectivity index (χ4v) is 3.30. The molecule has 17 heavy (non-hydrogen) atoms. The highest BCUT2D eigenvalue weighted by atomic mass is 32.1. The number of likely N-dealkylation sites (tertiary alicyclic amines) is 1. The van der Waals surface area contributed by atoms with E-state index < -0.39 is 0 Å². The highest BCUT2D eigenvalue weighted by Gasteiger charge is 2.19. The number of rotatable bonds is 5. The second kappa shape index (κ2) is 6.47. The third-order valence-corrected chi connectivity index (χ3v) is 4.43. The Kier molecular flexibility index (Phi) is 4.95. The average Bonchev–Trinajstić information content (AvgIpc) is 2.78. The average molecular weight is 253 g/mol. The second-order valence-corrected chi connectivity index (χ2v) is 5.83. The largest absolute Gasteiger partial charge is 0.319 e. The topological polar surface area (TPSA) is 28.2 Å². The minimum Gasteiger partial charge on any atom is -0.319 e. The monoisotopic (exact) mass is 253 g/mol. The van der Waals surface area contributed by atoms with Crippen molar-refractivity contribution in [3.8, 4) is 0 Å². The summed E-state index contributed by atoms with van der Waals surface area (Å²) in [6.45, 7) is 6.82. The Morgan fingerprint density at radius 3 is 3.18 bits per heavy atom. The van der Waals surface area contributed by atoms with Gasteiger partial charge in [-0.05, 0) is 45.3 Å². The van der Waals surface area contributed by atoms with Crippen LogP contribution in [0.2, 0.25) is 0 Å². The van der Waals surface area contributed by atoms with E-state index in [1.54, 1.807) is 11.3 Å². The summed E-state index contributed by atoms with van der Waals surface area (Å²) in [4.78, 5) is 7.21. The molecule has 1 aliphatic rings. The first kappa shape index (κ1) is 13.0. The standard InChI is InChI=1S/C13H23N3S/c1-3-13-15-12(10-17-13)9-16-6-4-5-11(8-16)7-14-2/h10-11,14H,3-9H2,1-2H3. The predicted molar refractivity (Wildman–Crippen MR) is 73.4 cm³/mol. The summed E-state index contributed by atoms with van der Waals surface area (Å²) in [7, 11) is 2.05. The fraction of sp³-hybridized carbons (Fsp3) is 0.769. The SMILES string of the molecule is CCc1nc(CN2CCCC(CNC)C2)cs1. The van der Waals surface area contributed by atoms with Gasteiger partial charge in [0.05, 0.1) is 10.7 Å². The zero-order valence-corrected chi connectivity index (χ0v) is 11.7. The van der Waals surface area contributed by atoms with Crippen molar-refractivity contribution in [2.75, 3.05) is 26.7 Å². The summed E-state index contributed by atoms with van der Waals surface area (Å²) >= 11 is 1.80. The molecule has 0 amide bonds. The van der Waals surface area contributed by atoms with Gasteiger partial charge < -0.3 is 5.32 Å². The van der Waals surface area contributed by atoms with Gasteiger partial charge in [-0.25, -0.2) is 4.98 Å². The number of aryl methyl sites for hydroxylation is 1. The van der Waals surface area contributed by atoms with Gasteiger partial charge in [-0.3, -0.25) is 4.90 Å². The molecule has 4 heteroatoms. The van der Waals surface area contributed by atoms with Crippen molar-refractivity contribution >= 4 is 11.3 Å². The summed E-state index contributed by atoms with van der Waals surface area (Å²) in [6.07, 6.45) is 3.76. The molecule has 2 heterocycles. The highest BCUT2D eigenvalue weighted by molar-refractivity contribution is 7.09. The van der Waals surface area contributed by atoms with E-state index >= 15 is 0 Å². The molecule has 1 aromatic rings. The third kappa shape index (κ3) is 3.76. The first-order chi connectivity index (χ1) is 8.31. The van der Waals surface area contributed by atoms with Crippen molar-refractivity contribution in [1.29, 1.82) is 0 Å². The molecule has 0 spiro atoms. The molecule has 1 fully saturated rings. The smallest absolute Gasteiger partial charge is 0.0926 e. The van der Waals surface area contributed by atoms with Gasteiger partial charge in [-0.2, -0.15) is 0 Å². The fourth-order valence-electron chi connectivity index (χ4n) is 2.56. The van der Waals surface area contributed by atoms with E-state index in [2.05, 4.69) is 27.5 Å². The Morgan fingerprint density at radius 1 is 1.59 bits per heavy atom. The van der Waals surface area contributed by atoms with Crippen LogP contribution in [0.4, 0.5) is 0 Å². The van der Waals surface area contributed by atoms with E-state index in [1.165, 1.54) is 36.6 Å². The molecule has 3 nitrogen and oxygen atoms in total. The van der Waals surface area contributed by atoms with E-state index in [-0.39, 0.29) is 0 Å². The summed E-state index contributed by atoms with van der Waals surface area (Å²) < 4.78 is 0. The second-order valence-electron chi connectivity index (χ2n) is 4.89. The molecule has 96 valence electrons. The normalized spacial score (nSPS) is 21.9. The Labute approximate surface area is 108 Å². The number of hydrogen-bond acceptors (Lipinski definition) is 4. The molecular formula is C13H23N3S. The summed E-state index contributed by atoms with van der Waals surface area (Å²) in [5.41, 5.74) is 1.26. The van der Waals surface area contributed by atoms with Gasteiger partial charge >= 0.3 is 0 Å². The molecule has 1 unspecified atom stereocenters. The van der Waals surface area contributed by atoms with E-state index in [4.69, 9.17) is 0 Å². The molecule has 0 bridgehead atoms. The molecule has 0 aliphatic carbocycles. The maximum atomic E-state index is 4.66. The van der Waals surface area contributed by atoms with Crippen molar-refractivity contribution in [2.24, 2.45) is 5.92 Å². The molecule has 1 N–H and O–H groups in total. The Balaban J connectivity index is 1.85. The number of nitrogens with zero attached hydrogens (tertiary/aromatic N) is 2. The molecule has 0 radical (unpaired) electrons. The number of piperidine rings is 1. The zero-order valence-electron chi connectivity index (χ0n) is 10.9. The van der Waals surface area contributed by atoms with Crippen LogP contribution >= 0.6 is 11.3 Å². The Morgan fingerprint density at radius 2 is 2.47 bits per heavy atom. The van der Waals surface area contributed by atoms with Gasteiger partial charge in [0.2, 0.25) is 0 Å². The first-order valence-electron chi connectivity index (χ1n) is 6.62. The minimum absolute atomic E-state index is 0.818.